The zero-order valence-electron chi connectivity index (χ0n) is 8.50. The Hall–Kier alpha value is -0.870. The topological polar surface area (TPSA) is 39.1 Å². The van der Waals surface area contributed by atoms with Gasteiger partial charge in [0, 0.05) is 24.9 Å². The zero-order valence-corrected chi connectivity index (χ0v) is 8.50. The first-order valence-corrected chi connectivity index (χ1v) is 4.44. The van der Waals surface area contributed by atoms with E-state index >= 15 is 0 Å². The van der Waals surface area contributed by atoms with Crippen molar-refractivity contribution in [3.8, 4) is 0 Å². The van der Waals surface area contributed by atoms with Crippen molar-refractivity contribution in [3.05, 3.63) is 17.5 Å². The Balaban J connectivity index is 2.62. The Labute approximate surface area is 78.9 Å². The van der Waals surface area contributed by atoms with Crippen LogP contribution in [0.1, 0.15) is 11.3 Å². The minimum atomic E-state index is 0.710. The molecule has 0 aliphatic carbocycles. The van der Waals surface area contributed by atoms with Crippen LogP contribution in [0.5, 0.6) is 0 Å². The molecule has 74 valence electrons. The number of nitrogens with zero attached hydrogens (tertiary/aromatic N) is 2. The van der Waals surface area contributed by atoms with Crippen molar-refractivity contribution >= 4 is 0 Å². The van der Waals surface area contributed by atoms with Gasteiger partial charge in [-0.25, -0.2) is 0 Å². The molecule has 0 atom stereocenters. The maximum absolute atomic E-state index is 4.99. The lowest BCUT2D eigenvalue weighted by atomic mass is 10.2. The highest BCUT2D eigenvalue weighted by Crippen LogP contribution is 2.05. The van der Waals surface area contributed by atoms with Crippen LogP contribution in [0.25, 0.3) is 0 Å². The van der Waals surface area contributed by atoms with Crippen LogP contribution < -0.4 is 5.32 Å². The Morgan fingerprint density at radius 3 is 3.00 bits per heavy atom. The summed E-state index contributed by atoms with van der Waals surface area (Å²) in [4.78, 5) is 0. The number of nitrogens with one attached hydrogen (secondary N) is 1. The number of hydrogen-bond acceptors (Lipinski definition) is 3. The molecule has 0 fully saturated rings. The molecule has 1 rings (SSSR count). The Bertz CT molecular complexity index is 257. The highest BCUT2D eigenvalue weighted by atomic mass is 16.5. The van der Waals surface area contributed by atoms with E-state index in [-0.39, 0.29) is 0 Å². The third kappa shape index (κ3) is 2.54. The summed E-state index contributed by atoms with van der Waals surface area (Å²) < 4.78 is 6.96. The van der Waals surface area contributed by atoms with Crippen LogP contribution in [0.4, 0.5) is 0 Å². The standard InChI is InChI=1S/C9H17N3O/c1-8-9(6-10-2)7-11-12(8)4-5-13-3/h7,10H,4-6H2,1-3H3. The van der Waals surface area contributed by atoms with E-state index in [9.17, 15) is 0 Å². The quantitative estimate of drug-likeness (QED) is 0.725. The van der Waals surface area contributed by atoms with Crippen molar-refractivity contribution in [1.82, 2.24) is 15.1 Å². The fraction of sp³-hybridized carbons (Fsp3) is 0.667. The van der Waals surface area contributed by atoms with E-state index in [0.717, 1.165) is 13.1 Å². The summed E-state index contributed by atoms with van der Waals surface area (Å²) in [6.45, 7) is 4.49. The molecular formula is C9H17N3O. The molecule has 4 heteroatoms. The van der Waals surface area contributed by atoms with E-state index in [0.29, 0.717) is 6.61 Å². The molecule has 0 aromatic carbocycles. The summed E-state index contributed by atoms with van der Waals surface area (Å²) >= 11 is 0. The molecule has 1 aromatic rings. The Morgan fingerprint density at radius 1 is 1.62 bits per heavy atom. The lowest BCUT2D eigenvalue weighted by molar-refractivity contribution is 0.183. The molecule has 1 aromatic heterocycles. The highest BCUT2D eigenvalue weighted by molar-refractivity contribution is 5.15. The SMILES string of the molecule is CNCc1cnn(CCOC)c1C. The van der Waals surface area contributed by atoms with E-state index in [2.05, 4.69) is 17.3 Å². The Morgan fingerprint density at radius 2 is 2.38 bits per heavy atom. The van der Waals surface area contributed by atoms with Crippen LogP contribution in [0, 0.1) is 6.92 Å². The average Bonchev–Trinajstić information content (AvgIpc) is 2.46. The average molecular weight is 183 g/mol. The van der Waals surface area contributed by atoms with Gasteiger partial charge in [-0.15, -0.1) is 0 Å². The molecule has 0 aliphatic heterocycles. The maximum Gasteiger partial charge on any atom is 0.0658 e. The van der Waals surface area contributed by atoms with Gasteiger partial charge < -0.3 is 10.1 Å². The molecule has 0 saturated carbocycles. The predicted octanol–water partition coefficient (Wildman–Crippen LogP) is 0.557. The van der Waals surface area contributed by atoms with Crippen LogP contribution in [0.15, 0.2) is 6.20 Å². The summed E-state index contributed by atoms with van der Waals surface area (Å²) in [6, 6.07) is 0. The van der Waals surface area contributed by atoms with Crippen molar-refractivity contribution < 1.29 is 4.74 Å². The van der Waals surface area contributed by atoms with Crippen LogP contribution in [-0.4, -0.2) is 30.5 Å². The van der Waals surface area contributed by atoms with E-state index in [4.69, 9.17) is 4.74 Å². The van der Waals surface area contributed by atoms with Gasteiger partial charge >= 0.3 is 0 Å². The number of ether oxygens (including phenoxy) is 1. The number of hydrogen-bond donors (Lipinski definition) is 1. The van der Waals surface area contributed by atoms with Gasteiger partial charge in [0.25, 0.3) is 0 Å². The molecule has 0 unspecified atom stereocenters. The summed E-state index contributed by atoms with van der Waals surface area (Å²) in [5.74, 6) is 0. The minimum absolute atomic E-state index is 0.710. The summed E-state index contributed by atoms with van der Waals surface area (Å²) in [5, 5.41) is 7.38. The van der Waals surface area contributed by atoms with Crippen molar-refractivity contribution in [2.24, 2.45) is 0 Å². The van der Waals surface area contributed by atoms with Crippen molar-refractivity contribution in [2.75, 3.05) is 20.8 Å². The number of rotatable bonds is 5. The highest BCUT2D eigenvalue weighted by Gasteiger charge is 2.04. The molecule has 0 radical (unpaired) electrons. The second-order valence-electron chi connectivity index (χ2n) is 3.00. The number of methoxy groups -OCH3 is 1. The van der Waals surface area contributed by atoms with E-state index < -0.39 is 0 Å². The van der Waals surface area contributed by atoms with Gasteiger partial charge in [-0.3, -0.25) is 4.68 Å². The molecule has 13 heavy (non-hydrogen) atoms. The third-order valence-electron chi connectivity index (χ3n) is 2.08. The Kier molecular flexibility index (Phi) is 3.92. The molecule has 1 heterocycles. The maximum atomic E-state index is 4.99. The first-order valence-electron chi connectivity index (χ1n) is 4.44. The van der Waals surface area contributed by atoms with Crippen LogP contribution in [0.3, 0.4) is 0 Å². The van der Waals surface area contributed by atoms with Gasteiger partial charge in [0.15, 0.2) is 0 Å². The van der Waals surface area contributed by atoms with Crippen molar-refractivity contribution in [2.45, 2.75) is 20.0 Å². The normalized spacial score (nSPS) is 10.7. The van der Waals surface area contributed by atoms with Gasteiger partial charge in [-0.05, 0) is 14.0 Å². The molecule has 0 saturated heterocycles. The smallest absolute Gasteiger partial charge is 0.0658 e. The largest absolute Gasteiger partial charge is 0.383 e. The fourth-order valence-corrected chi connectivity index (χ4v) is 1.25. The lowest BCUT2D eigenvalue weighted by Crippen LogP contribution is -2.09. The van der Waals surface area contributed by atoms with Gasteiger partial charge in [0.05, 0.1) is 19.3 Å². The summed E-state index contributed by atoms with van der Waals surface area (Å²) in [5.41, 5.74) is 2.46. The van der Waals surface area contributed by atoms with Crippen LogP contribution >= 0.6 is 0 Å². The van der Waals surface area contributed by atoms with Gasteiger partial charge in [0.1, 0.15) is 0 Å². The molecule has 0 spiro atoms. The zero-order chi connectivity index (χ0) is 9.68. The van der Waals surface area contributed by atoms with E-state index in [1.54, 1.807) is 7.11 Å². The van der Waals surface area contributed by atoms with E-state index in [1.165, 1.54) is 11.3 Å². The summed E-state index contributed by atoms with van der Waals surface area (Å²) in [6.07, 6.45) is 1.90. The second kappa shape index (κ2) is 4.99. The van der Waals surface area contributed by atoms with Gasteiger partial charge in [0.2, 0.25) is 0 Å². The molecule has 0 bridgehead atoms. The molecule has 1 N–H and O–H groups in total. The lowest BCUT2D eigenvalue weighted by Gasteiger charge is -2.04. The summed E-state index contributed by atoms with van der Waals surface area (Å²) in [7, 11) is 3.64. The van der Waals surface area contributed by atoms with Crippen molar-refractivity contribution in [3.63, 3.8) is 0 Å². The second-order valence-corrected chi connectivity index (χ2v) is 3.00. The van der Waals surface area contributed by atoms with Gasteiger partial charge in [-0.1, -0.05) is 0 Å². The first kappa shape index (κ1) is 10.2. The fourth-order valence-electron chi connectivity index (χ4n) is 1.25. The minimum Gasteiger partial charge on any atom is -0.383 e. The molecule has 0 amide bonds. The predicted molar refractivity (Wildman–Crippen MR) is 51.6 cm³/mol. The third-order valence-corrected chi connectivity index (χ3v) is 2.08. The van der Waals surface area contributed by atoms with Gasteiger partial charge in [-0.2, -0.15) is 5.10 Å². The van der Waals surface area contributed by atoms with E-state index in [1.807, 2.05) is 17.9 Å². The van der Waals surface area contributed by atoms with Crippen molar-refractivity contribution in [1.29, 1.82) is 0 Å². The number of aromatic nitrogens is 2. The molecule has 4 nitrogen and oxygen atoms in total. The molecule has 0 aliphatic rings. The first-order chi connectivity index (χ1) is 6.29. The monoisotopic (exact) mass is 183 g/mol. The molecular weight excluding hydrogens is 166 g/mol. The van der Waals surface area contributed by atoms with Crippen LogP contribution in [0.2, 0.25) is 0 Å². The van der Waals surface area contributed by atoms with Crippen LogP contribution in [-0.2, 0) is 17.8 Å².